The maximum absolute atomic E-state index is 14.0. The van der Waals surface area contributed by atoms with Gasteiger partial charge in [0.05, 0.1) is 17.5 Å². The third-order valence-corrected chi connectivity index (χ3v) is 11.6. The topological polar surface area (TPSA) is 216 Å². The highest BCUT2D eigenvalue weighted by Gasteiger charge is 2.38. The van der Waals surface area contributed by atoms with E-state index in [2.05, 4.69) is 5.32 Å². The molecular weight excluding hydrogens is 737 g/mol. The SMILES string of the molecule is CO[C@H]1/C=C\C=C(/C)C(=O)NC2=CC(=O)C(N3CCC3)=C(C[C@@H](C)C[C@H](OC)[C@@H](OC(=O)NS(=O)(=O)N3CCN(C)CC3)[C@@H](C)/C=C(\C)[C@@H]1OC(N)=O)C2=O. The molecule has 0 saturated carbocycles. The van der Waals surface area contributed by atoms with E-state index in [-0.39, 0.29) is 54.4 Å². The van der Waals surface area contributed by atoms with Crippen molar-refractivity contribution in [3.05, 3.63) is 58.5 Å². The fraction of sp³-hybridized carbons (Fsp3) is 0.595. The number of hydrogen-bond acceptors (Lipinski definition) is 13. The van der Waals surface area contributed by atoms with Crippen molar-refractivity contribution < 1.29 is 51.3 Å². The molecule has 55 heavy (non-hydrogen) atoms. The fourth-order valence-electron chi connectivity index (χ4n) is 6.97. The predicted molar refractivity (Wildman–Crippen MR) is 201 cm³/mol. The number of fused-ring (bicyclic) bond motifs is 2. The number of ether oxygens (including phenoxy) is 4. The molecule has 0 radical (unpaired) electrons. The zero-order valence-electron chi connectivity index (χ0n) is 32.5. The first-order valence-corrected chi connectivity index (χ1v) is 19.7. The van der Waals surface area contributed by atoms with Crippen molar-refractivity contribution in [2.45, 2.75) is 71.4 Å². The molecule has 0 aromatic rings. The highest BCUT2D eigenvalue weighted by molar-refractivity contribution is 7.87. The summed E-state index contributed by atoms with van der Waals surface area (Å²) >= 11 is 0. The number of likely N-dealkylation sites (tertiary alicyclic amines) is 1. The molecule has 3 aliphatic heterocycles. The summed E-state index contributed by atoms with van der Waals surface area (Å²) in [4.78, 5) is 70.1. The number of piperazine rings is 1. The molecule has 1 aliphatic carbocycles. The van der Waals surface area contributed by atoms with Crippen LogP contribution in [0.15, 0.2) is 58.5 Å². The Balaban J connectivity index is 1.77. The van der Waals surface area contributed by atoms with E-state index >= 15 is 0 Å². The number of amides is 3. The van der Waals surface area contributed by atoms with Gasteiger partial charge in [0.1, 0.15) is 12.2 Å². The highest BCUT2D eigenvalue weighted by atomic mass is 32.2. The van der Waals surface area contributed by atoms with E-state index in [4.69, 9.17) is 24.7 Å². The monoisotopic (exact) mass is 790 g/mol. The molecule has 18 heteroatoms. The second kappa shape index (κ2) is 19.0. The number of carbonyl (C=O) groups excluding carboxylic acids is 5. The van der Waals surface area contributed by atoms with E-state index in [1.807, 2.05) is 28.5 Å². The minimum absolute atomic E-state index is 0.116. The second-order valence-electron chi connectivity index (χ2n) is 14.4. The normalized spacial score (nSPS) is 30.9. The molecule has 4 aliphatic rings. The summed E-state index contributed by atoms with van der Waals surface area (Å²) in [5, 5.41) is 2.60. The summed E-state index contributed by atoms with van der Waals surface area (Å²) < 4.78 is 52.5. The van der Waals surface area contributed by atoms with Gasteiger partial charge >= 0.3 is 22.4 Å². The van der Waals surface area contributed by atoms with Gasteiger partial charge in [0.15, 0.2) is 6.10 Å². The number of hydrogen-bond donors (Lipinski definition) is 3. The van der Waals surface area contributed by atoms with Crippen molar-refractivity contribution in [2.24, 2.45) is 17.6 Å². The minimum atomic E-state index is -4.25. The van der Waals surface area contributed by atoms with Gasteiger partial charge in [0.25, 0.3) is 5.91 Å². The number of carbonyl (C=O) groups is 5. The van der Waals surface area contributed by atoms with E-state index in [1.165, 1.54) is 37.6 Å². The van der Waals surface area contributed by atoms with Gasteiger partial charge in [0, 0.05) is 76.6 Å². The van der Waals surface area contributed by atoms with Crippen LogP contribution >= 0.6 is 0 Å². The first-order chi connectivity index (χ1) is 25.9. The number of Topliss-reactive ketones (excluding diaryl/α,β-unsaturated/α-hetero) is 1. The van der Waals surface area contributed by atoms with Crippen LogP contribution in [0.4, 0.5) is 9.59 Å². The Morgan fingerprint density at radius 1 is 0.982 bits per heavy atom. The maximum atomic E-state index is 14.0. The Kier molecular flexibility index (Phi) is 15.0. The average Bonchev–Trinajstić information content (AvgIpc) is 3.09. The standard InChI is InChI=1S/C37H54N6O11S/c1-22-18-26-31(42-12-9-13-42)28(44)21-27(32(26)45)39-35(46)23(2)10-8-11-29(51-6)33(53-36(38)47)24(3)20-25(4)34(30(19-22)52-7)54-37(48)40-55(49,50)43-16-14-41(5)15-17-43/h8,10-11,20-22,25,29-30,33-34H,9,12-19H2,1-7H3,(H2,38,47)(H,39,46)(H,40,48)/b11-8-,23-10+,24-20+/t22-,25+,29+,30+,33+,34+/m1/s1. The summed E-state index contributed by atoms with van der Waals surface area (Å²) in [6, 6.07) is 0. The van der Waals surface area contributed by atoms with Crippen LogP contribution in [0.3, 0.4) is 0 Å². The van der Waals surface area contributed by atoms with Gasteiger partial charge in [0.2, 0.25) is 11.6 Å². The van der Waals surface area contributed by atoms with Crippen molar-refractivity contribution >= 4 is 39.9 Å². The van der Waals surface area contributed by atoms with Crippen LogP contribution in [0, 0.1) is 11.8 Å². The van der Waals surface area contributed by atoms with E-state index in [0.717, 1.165) is 12.5 Å². The average molecular weight is 791 g/mol. The molecule has 4 rings (SSSR count). The molecular formula is C37H54N6O11S. The first kappa shape index (κ1) is 43.4. The van der Waals surface area contributed by atoms with Crippen LogP contribution in [-0.2, 0) is 43.5 Å². The largest absolute Gasteiger partial charge is 0.442 e. The van der Waals surface area contributed by atoms with Crippen LogP contribution in [-0.4, -0.2) is 137 Å². The van der Waals surface area contributed by atoms with Gasteiger partial charge in [-0.25, -0.2) is 14.3 Å². The van der Waals surface area contributed by atoms with Crippen LogP contribution in [0.1, 0.15) is 47.0 Å². The van der Waals surface area contributed by atoms with Crippen molar-refractivity contribution in [3.63, 3.8) is 0 Å². The van der Waals surface area contributed by atoms with Gasteiger partial charge in [-0.3, -0.25) is 14.4 Å². The fourth-order valence-corrected chi connectivity index (χ4v) is 8.00. The summed E-state index contributed by atoms with van der Waals surface area (Å²) in [7, 11) is 0.428. The molecule has 6 atom stereocenters. The van der Waals surface area contributed by atoms with Gasteiger partial charge in [-0.15, -0.1) is 0 Å². The Bertz CT molecular complexity index is 1760. The lowest BCUT2D eigenvalue weighted by Gasteiger charge is -2.37. The quantitative estimate of drug-likeness (QED) is 0.248. The lowest BCUT2D eigenvalue weighted by atomic mass is 9.84. The molecule has 0 aromatic heterocycles. The lowest BCUT2D eigenvalue weighted by Crippen LogP contribution is -2.52. The zero-order valence-corrected chi connectivity index (χ0v) is 33.3. The number of rotatable bonds is 7. The number of ketones is 2. The number of nitrogens with two attached hydrogens (primary N) is 1. The van der Waals surface area contributed by atoms with Gasteiger partial charge in [-0.2, -0.15) is 12.7 Å². The number of likely N-dealkylation sites (N-methyl/N-ethyl adjacent to an activating group) is 1. The number of allylic oxidation sites excluding steroid dienone is 4. The molecule has 0 aromatic carbocycles. The van der Waals surface area contributed by atoms with E-state index in [1.54, 1.807) is 26.0 Å². The van der Waals surface area contributed by atoms with Gasteiger partial charge < -0.3 is 39.8 Å². The molecule has 2 bridgehead atoms. The van der Waals surface area contributed by atoms with Crippen molar-refractivity contribution in [1.82, 2.24) is 24.1 Å². The summed E-state index contributed by atoms with van der Waals surface area (Å²) in [5.74, 6) is -2.55. The molecule has 0 spiro atoms. The summed E-state index contributed by atoms with van der Waals surface area (Å²) in [5.41, 5.74) is 6.49. The third-order valence-electron chi connectivity index (χ3n) is 10.2. The van der Waals surface area contributed by atoms with Crippen LogP contribution in [0.25, 0.3) is 0 Å². The lowest BCUT2D eigenvalue weighted by molar-refractivity contribution is -0.120. The number of primary amides is 1. The molecule has 0 unspecified atom stereocenters. The highest BCUT2D eigenvalue weighted by Crippen LogP contribution is 2.33. The number of methoxy groups -OCH3 is 2. The zero-order chi connectivity index (χ0) is 40.6. The Morgan fingerprint density at radius 2 is 1.65 bits per heavy atom. The molecule has 17 nitrogen and oxygen atoms in total. The predicted octanol–water partition coefficient (Wildman–Crippen LogP) is 1.69. The van der Waals surface area contributed by atoms with Crippen LogP contribution < -0.4 is 15.8 Å². The Hall–Kier alpha value is -4.36. The summed E-state index contributed by atoms with van der Waals surface area (Å²) in [6.45, 7) is 9.32. The molecule has 2 fully saturated rings. The molecule has 3 amide bonds. The minimum Gasteiger partial charge on any atom is -0.442 e. The maximum Gasteiger partial charge on any atom is 0.422 e. The Morgan fingerprint density at radius 3 is 2.24 bits per heavy atom. The van der Waals surface area contributed by atoms with Crippen LogP contribution in [0.5, 0.6) is 0 Å². The smallest absolute Gasteiger partial charge is 0.422 e. The van der Waals surface area contributed by atoms with E-state index in [9.17, 15) is 32.4 Å². The molecule has 2 saturated heterocycles. The number of nitrogens with one attached hydrogen (secondary N) is 2. The van der Waals surface area contributed by atoms with Crippen molar-refractivity contribution in [3.8, 4) is 0 Å². The third kappa shape index (κ3) is 11.1. The van der Waals surface area contributed by atoms with E-state index in [0.29, 0.717) is 31.8 Å². The van der Waals surface area contributed by atoms with Crippen molar-refractivity contribution in [1.29, 1.82) is 0 Å². The van der Waals surface area contributed by atoms with Crippen LogP contribution in [0.2, 0.25) is 0 Å². The molecule has 304 valence electrons. The molecule has 3 heterocycles. The van der Waals surface area contributed by atoms with Crippen molar-refractivity contribution in [2.75, 3.05) is 60.5 Å². The Labute approximate surface area is 322 Å². The van der Waals surface area contributed by atoms with E-state index < -0.39 is 70.2 Å². The van der Waals surface area contributed by atoms with Gasteiger partial charge in [-0.1, -0.05) is 38.2 Å². The molecule has 4 N–H and O–H groups in total. The van der Waals surface area contributed by atoms with Gasteiger partial charge in [-0.05, 0) is 51.6 Å². The number of nitrogens with zero attached hydrogens (tertiary/aromatic N) is 3. The summed E-state index contributed by atoms with van der Waals surface area (Å²) in [6.07, 6.45) is 2.25. The first-order valence-electron chi connectivity index (χ1n) is 18.3. The second-order valence-corrected chi connectivity index (χ2v) is 16.1.